The minimum atomic E-state index is -3.48. The Bertz CT molecular complexity index is 725. The van der Waals surface area contributed by atoms with Crippen LogP contribution in [-0.4, -0.2) is 57.9 Å². The van der Waals surface area contributed by atoms with Crippen molar-refractivity contribution in [3.8, 4) is 0 Å². The van der Waals surface area contributed by atoms with Crippen molar-refractivity contribution < 1.29 is 18.1 Å². The Kier molecular flexibility index (Phi) is 6.24. The van der Waals surface area contributed by atoms with E-state index in [2.05, 4.69) is 5.32 Å². The van der Waals surface area contributed by atoms with Crippen molar-refractivity contribution in [1.29, 1.82) is 0 Å². The van der Waals surface area contributed by atoms with Gasteiger partial charge in [0.2, 0.25) is 15.9 Å². The monoisotopic (exact) mass is 368 g/mol. The van der Waals surface area contributed by atoms with E-state index in [1.54, 1.807) is 4.31 Å². The lowest BCUT2D eigenvalue weighted by Crippen LogP contribution is -3.15. The van der Waals surface area contributed by atoms with Crippen molar-refractivity contribution in [3.63, 3.8) is 0 Å². The number of hydrogen-bond donors (Lipinski definition) is 2. The van der Waals surface area contributed by atoms with Crippen LogP contribution in [0.15, 0.2) is 11.0 Å². The van der Waals surface area contributed by atoms with Crippen LogP contribution in [0.1, 0.15) is 29.2 Å². The van der Waals surface area contributed by atoms with Gasteiger partial charge >= 0.3 is 0 Å². The molecule has 0 atom stereocenters. The summed E-state index contributed by atoms with van der Waals surface area (Å²) in [6.45, 7) is 13.2. The van der Waals surface area contributed by atoms with Crippen molar-refractivity contribution in [2.45, 2.75) is 39.5 Å². The Morgan fingerprint density at radius 3 is 2.12 bits per heavy atom. The summed E-state index contributed by atoms with van der Waals surface area (Å²) in [5.41, 5.74) is 3.73. The van der Waals surface area contributed by atoms with Crippen molar-refractivity contribution in [1.82, 2.24) is 9.62 Å². The van der Waals surface area contributed by atoms with Gasteiger partial charge in [0.15, 0.2) is 0 Å². The van der Waals surface area contributed by atoms with Gasteiger partial charge in [0.1, 0.15) is 0 Å². The highest BCUT2D eigenvalue weighted by Crippen LogP contribution is 2.28. The van der Waals surface area contributed by atoms with Gasteiger partial charge in [0.05, 0.1) is 44.2 Å². The molecule has 0 aliphatic carbocycles. The van der Waals surface area contributed by atoms with Crippen LogP contribution in [0.5, 0.6) is 0 Å². The maximum Gasteiger partial charge on any atom is 0.244 e. The molecule has 1 saturated heterocycles. The molecule has 0 saturated carbocycles. The predicted molar refractivity (Wildman–Crippen MR) is 98.4 cm³/mol. The summed E-state index contributed by atoms with van der Waals surface area (Å²) in [5.74, 6) is -0.0265. The highest BCUT2D eigenvalue weighted by Gasteiger charge is 2.33. The minimum Gasteiger partial charge on any atom is -0.351 e. The molecule has 1 aliphatic rings. The summed E-state index contributed by atoms with van der Waals surface area (Å²) in [5, 5.41) is 2.80. The molecule has 0 radical (unpaired) electrons. The number of nitrogens with zero attached hydrogens (tertiary/aromatic N) is 1. The molecule has 1 aromatic carbocycles. The van der Waals surface area contributed by atoms with Crippen LogP contribution in [0.2, 0.25) is 0 Å². The first-order chi connectivity index (χ1) is 11.6. The zero-order valence-electron chi connectivity index (χ0n) is 15.9. The molecule has 2 rings (SSSR count). The normalized spacial score (nSPS) is 16.8. The van der Waals surface area contributed by atoms with E-state index in [0.717, 1.165) is 41.9 Å². The standard InChI is InChI=1S/C18H29N3O3S/c1-13-12-14(2)16(4)18(15(13)3)25(23,24)21-10-8-20(9-11-21)7-6-19-17(5)22/h12H,6-11H2,1-5H3,(H,19,22)/p+1. The lowest BCUT2D eigenvalue weighted by Gasteiger charge is -2.32. The molecule has 2 N–H and O–H groups in total. The van der Waals surface area contributed by atoms with E-state index < -0.39 is 10.0 Å². The summed E-state index contributed by atoms with van der Waals surface area (Å²) in [4.78, 5) is 12.7. The predicted octanol–water partition coefficient (Wildman–Crippen LogP) is -0.0544. The van der Waals surface area contributed by atoms with Crippen LogP contribution in [0.3, 0.4) is 0 Å². The molecule has 7 heteroatoms. The van der Waals surface area contributed by atoms with E-state index in [4.69, 9.17) is 0 Å². The fourth-order valence-electron chi connectivity index (χ4n) is 3.40. The number of nitrogens with one attached hydrogen (secondary N) is 2. The summed E-state index contributed by atoms with van der Waals surface area (Å²) in [7, 11) is -3.48. The average Bonchev–Trinajstić information content (AvgIpc) is 2.53. The van der Waals surface area contributed by atoms with Gasteiger partial charge in [0, 0.05) is 6.92 Å². The molecule has 0 aromatic heterocycles. The largest absolute Gasteiger partial charge is 0.351 e. The van der Waals surface area contributed by atoms with E-state index in [1.807, 2.05) is 33.8 Å². The number of amides is 1. The number of carbonyl (C=O) groups excluding carboxylic acids is 1. The van der Waals surface area contributed by atoms with Gasteiger partial charge in [-0.05, 0) is 49.9 Å². The van der Waals surface area contributed by atoms with Gasteiger partial charge in [-0.25, -0.2) is 8.42 Å². The van der Waals surface area contributed by atoms with E-state index >= 15 is 0 Å². The number of quaternary nitrogens is 1. The van der Waals surface area contributed by atoms with E-state index in [1.165, 1.54) is 11.8 Å². The van der Waals surface area contributed by atoms with Crippen LogP contribution in [0.4, 0.5) is 0 Å². The van der Waals surface area contributed by atoms with Crippen LogP contribution in [0.25, 0.3) is 0 Å². The third kappa shape index (κ3) is 4.40. The Morgan fingerprint density at radius 2 is 1.64 bits per heavy atom. The van der Waals surface area contributed by atoms with E-state index in [0.29, 0.717) is 24.5 Å². The average molecular weight is 369 g/mol. The van der Waals surface area contributed by atoms with Crippen molar-refractivity contribution in [2.24, 2.45) is 0 Å². The molecule has 1 aliphatic heterocycles. The Labute approximate surface area is 151 Å². The van der Waals surface area contributed by atoms with Gasteiger partial charge in [-0.1, -0.05) is 6.07 Å². The van der Waals surface area contributed by atoms with Gasteiger partial charge in [-0.15, -0.1) is 0 Å². The molecular formula is C18H30N3O3S+. The molecule has 0 unspecified atom stereocenters. The molecule has 1 aromatic rings. The number of piperazine rings is 1. The second-order valence-corrected chi connectivity index (χ2v) is 8.85. The summed E-state index contributed by atoms with van der Waals surface area (Å²) in [6, 6.07) is 2.05. The number of rotatable bonds is 5. The summed E-state index contributed by atoms with van der Waals surface area (Å²) in [6.07, 6.45) is 0. The number of aryl methyl sites for hydroxylation is 2. The zero-order chi connectivity index (χ0) is 18.8. The van der Waals surface area contributed by atoms with Crippen molar-refractivity contribution in [2.75, 3.05) is 39.3 Å². The molecule has 0 bridgehead atoms. The summed E-state index contributed by atoms with van der Waals surface area (Å²) < 4.78 is 28.0. The molecule has 1 fully saturated rings. The van der Waals surface area contributed by atoms with Crippen LogP contribution >= 0.6 is 0 Å². The maximum atomic E-state index is 13.2. The first-order valence-electron chi connectivity index (χ1n) is 8.80. The second kappa shape index (κ2) is 7.85. The van der Waals surface area contributed by atoms with Crippen molar-refractivity contribution in [3.05, 3.63) is 28.3 Å². The molecule has 140 valence electrons. The molecular weight excluding hydrogens is 338 g/mol. The fourth-order valence-corrected chi connectivity index (χ4v) is 5.42. The Balaban J connectivity index is 2.12. The Morgan fingerprint density at radius 1 is 1.12 bits per heavy atom. The smallest absolute Gasteiger partial charge is 0.244 e. The Hall–Kier alpha value is -1.44. The third-order valence-corrected chi connectivity index (χ3v) is 7.35. The van der Waals surface area contributed by atoms with Crippen LogP contribution in [-0.2, 0) is 14.8 Å². The molecule has 1 heterocycles. The first-order valence-corrected chi connectivity index (χ1v) is 10.2. The quantitative estimate of drug-likeness (QED) is 0.765. The van der Waals surface area contributed by atoms with Crippen LogP contribution < -0.4 is 10.2 Å². The third-order valence-electron chi connectivity index (χ3n) is 5.18. The molecule has 6 nitrogen and oxygen atoms in total. The maximum absolute atomic E-state index is 13.2. The number of carbonyl (C=O) groups is 1. The fraction of sp³-hybridized carbons (Fsp3) is 0.611. The van der Waals surface area contributed by atoms with Gasteiger partial charge in [-0.3, -0.25) is 4.79 Å². The lowest BCUT2D eigenvalue weighted by molar-refractivity contribution is -0.902. The second-order valence-electron chi connectivity index (χ2n) is 6.98. The van der Waals surface area contributed by atoms with Gasteiger partial charge < -0.3 is 10.2 Å². The number of benzene rings is 1. The molecule has 25 heavy (non-hydrogen) atoms. The van der Waals surface area contributed by atoms with E-state index in [9.17, 15) is 13.2 Å². The lowest BCUT2D eigenvalue weighted by atomic mass is 10.0. The molecule has 0 spiro atoms. The zero-order valence-corrected chi connectivity index (χ0v) is 16.7. The topological polar surface area (TPSA) is 70.9 Å². The number of sulfonamides is 1. The SMILES string of the molecule is CC(=O)NCC[NH+]1CCN(S(=O)(=O)c2c(C)c(C)cc(C)c2C)CC1. The van der Waals surface area contributed by atoms with Gasteiger partial charge in [-0.2, -0.15) is 4.31 Å². The summed E-state index contributed by atoms with van der Waals surface area (Å²) >= 11 is 0. The van der Waals surface area contributed by atoms with Gasteiger partial charge in [0.25, 0.3) is 0 Å². The van der Waals surface area contributed by atoms with E-state index in [-0.39, 0.29) is 5.91 Å². The number of hydrogen-bond acceptors (Lipinski definition) is 3. The van der Waals surface area contributed by atoms with Crippen LogP contribution in [0, 0.1) is 27.7 Å². The molecule has 1 amide bonds. The highest BCUT2D eigenvalue weighted by molar-refractivity contribution is 7.89. The first kappa shape index (κ1) is 19.9. The highest BCUT2D eigenvalue weighted by atomic mass is 32.2. The minimum absolute atomic E-state index is 0.0265. The van der Waals surface area contributed by atoms with Crippen molar-refractivity contribution >= 4 is 15.9 Å².